The van der Waals surface area contributed by atoms with Crippen LogP contribution in [-0.4, -0.2) is 11.7 Å². The van der Waals surface area contributed by atoms with Crippen molar-refractivity contribution in [3.63, 3.8) is 0 Å². The molecule has 0 fully saturated rings. The van der Waals surface area contributed by atoms with Crippen molar-refractivity contribution in [1.82, 2.24) is 0 Å². The van der Waals surface area contributed by atoms with Crippen LogP contribution in [0.25, 0.3) is 0 Å². The van der Waals surface area contributed by atoms with Crippen LogP contribution in [0, 0.1) is 13.8 Å². The molecule has 2 rings (SSSR count). The molecule has 0 bridgehead atoms. The number of benzene rings is 1. The molecule has 0 amide bonds. The number of hydrogen-bond donors (Lipinski definition) is 1. The van der Waals surface area contributed by atoms with Crippen LogP contribution < -0.4 is 4.57 Å². The van der Waals surface area contributed by atoms with E-state index in [0.29, 0.717) is 0 Å². The monoisotopic (exact) mass is 248 g/mol. The van der Waals surface area contributed by atoms with Gasteiger partial charge >= 0.3 is 0 Å². The summed E-state index contributed by atoms with van der Waals surface area (Å²) in [6.45, 7) is 5.42. The Morgan fingerprint density at radius 3 is 2.53 bits per heavy atom. The van der Waals surface area contributed by atoms with Gasteiger partial charge in [0, 0.05) is 32.4 Å². The van der Waals surface area contributed by atoms with Crippen molar-refractivity contribution in [2.75, 3.05) is 6.61 Å². The van der Waals surface area contributed by atoms with Gasteiger partial charge in [0.25, 0.3) is 0 Å². The molecular weight excluding hydrogens is 230 g/mol. The van der Waals surface area contributed by atoms with Gasteiger partial charge in [-0.1, -0.05) is 41.7 Å². The Balaban J connectivity index is 2.27. The highest BCUT2D eigenvalue weighted by Gasteiger charge is 2.19. The maximum absolute atomic E-state index is 9.03. The van der Waals surface area contributed by atoms with Gasteiger partial charge in [-0.25, -0.2) is 0 Å². The molecule has 0 radical (unpaired) electrons. The van der Waals surface area contributed by atoms with Gasteiger partial charge in [-0.2, -0.15) is 4.57 Å². The molecule has 0 aliphatic heterocycles. The summed E-state index contributed by atoms with van der Waals surface area (Å²) in [5.41, 5.74) is 2.60. The van der Waals surface area contributed by atoms with E-state index >= 15 is 0 Å². The first-order chi connectivity index (χ1) is 8.22. The summed E-state index contributed by atoms with van der Waals surface area (Å²) in [5, 5.41) is 10.3. The van der Waals surface area contributed by atoms with Crippen molar-refractivity contribution in [3.05, 3.63) is 51.5 Å². The van der Waals surface area contributed by atoms with Gasteiger partial charge in [-0.05, 0) is 0 Å². The fraction of sp³-hybridized carbons (Fsp3) is 0.357. The lowest BCUT2D eigenvalue weighted by atomic mass is 10.2. The van der Waals surface area contributed by atoms with Crippen LogP contribution in [0.3, 0.4) is 0 Å². The highest BCUT2D eigenvalue weighted by Crippen LogP contribution is 2.16. The molecule has 17 heavy (non-hydrogen) atoms. The number of thiazole rings is 1. The molecule has 0 aliphatic carbocycles. The third kappa shape index (κ3) is 2.73. The van der Waals surface area contributed by atoms with Crippen LogP contribution in [-0.2, 0) is 13.0 Å². The summed E-state index contributed by atoms with van der Waals surface area (Å²) in [6, 6.07) is 10.5. The lowest BCUT2D eigenvalue weighted by Crippen LogP contribution is -2.38. The Hall–Kier alpha value is -1.19. The van der Waals surface area contributed by atoms with Gasteiger partial charge in [0.1, 0.15) is 0 Å². The molecule has 0 aliphatic rings. The molecule has 1 N–H and O–H groups in total. The SMILES string of the molecule is Cc1sc(CCO)c(C)[n+]1Cc1ccccc1. The van der Waals surface area contributed by atoms with E-state index in [2.05, 4.69) is 42.7 Å². The van der Waals surface area contributed by atoms with E-state index in [1.54, 1.807) is 11.3 Å². The molecular formula is C14H18NOS+. The Kier molecular flexibility index (Phi) is 3.92. The Morgan fingerprint density at radius 2 is 1.88 bits per heavy atom. The summed E-state index contributed by atoms with van der Waals surface area (Å²) >= 11 is 1.79. The normalized spacial score (nSPS) is 10.8. The number of hydrogen-bond acceptors (Lipinski definition) is 2. The third-order valence-corrected chi connectivity index (χ3v) is 4.24. The smallest absolute Gasteiger partial charge is 0.234 e. The standard InChI is InChI=1S/C14H18NOS/c1-11-14(8-9-16)17-12(2)15(11)10-13-6-4-3-5-7-13/h3-7,16H,8-10H2,1-2H3/q+1. The average molecular weight is 248 g/mol. The third-order valence-electron chi connectivity index (χ3n) is 2.98. The molecule has 2 aromatic rings. The first-order valence-electron chi connectivity index (χ1n) is 5.86. The zero-order valence-corrected chi connectivity index (χ0v) is 11.1. The van der Waals surface area contributed by atoms with Crippen molar-refractivity contribution in [3.8, 4) is 0 Å². The molecule has 1 aromatic carbocycles. The molecule has 0 atom stereocenters. The molecule has 90 valence electrons. The highest BCUT2D eigenvalue weighted by molar-refractivity contribution is 7.11. The minimum atomic E-state index is 0.228. The second kappa shape index (κ2) is 5.43. The van der Waals surface area contributed by atoms with E-state index in [-0.39, 0.29) is 6.61 Å². The first kappa shape index (κ1) is 12.3. The molecule has 0 saturated heterocycles. The zero-order chi connectivity index (χ0) is 12.3. The van der Waals surface area contributed by atoms with Gasteiger partial charge in [0.2, 0.25) is 5.01 Å². The van der Waals surface area contributed by atoms with Crippen molar-refractivity contribution in [1.29, 1.82) is 0 Å². The summed E-state index contributed by atoms with van der Waals surface area (Å²) < 4.78 is 2.32. The Labute approximate surface area is 106 Å². The van der Waals surface area contributed by atoms with E-state index < -0.39 is 0 Å². The molecule has 1 aromatic heterocycles. The van der Waals surface area contributed by atoms with Gasteiger partial charge in [0.15, 0.2) is 12.2 Å². The predicted octanol–water partition coefficient (Wildman–Crippen LogP) is 2.24. The van der Waals surface area contributed by atoms with E-state index in [1.165, 1.54) is 21.1 Å². The zero-order valence-electron chi connectivity index (χ0n) is 10.3. The largest absolute Gasteiger partial charge is 0.396 e. The predicted molar refractivity (Wildman–Crippen MR) is 70.3 cm³/mol. The van der Waals surface area contributed by atoms with E-state index in [1.807, 2.05) is 6.07 Å². The van der Waals surface area contributed by atoms with Gasteiger partial charge < -0.3 is 5.11 Å². The number of aliphatic hydroxyl groups excluding tert-OH is 1. The molecule has 3 heteroatoms. The van der Waals surface area contributed by atoms with Gasteiger partial charge in [-0.3, -0.25) is 0 Å². The topological polar surface area (TPSA) is 24.1 Å². The quantitative estimate of drug-likeness (QED) is 0.824. The number of aromatic nitrogens is 1. The average Bonchev–Trinajstić information content (AvgIpc) is 2.59. The van der Waals surface area contributed by atoms with Gasteiger partial charge in [-0.15, -0.1) is 0 Å². The van der Waals surface area contributed by atoms with Gasteiger partial charge in [0.05, 0.1) is 4.88 Å². The lowest BCUT2D eigenvalue weighted by molar-refractivity contribution is -0.695. The summed E-state index contributed by atoms with van der Waals surface area (Å²) in [5.74, 6) is 0. The van der Waals surface area contributed by atoms with Crippen molar-refractivity contribution < 1.29 is 9.67 Å². The molecule has 2 nitrogen and oxygen atoms in total. The molecule has 0 unspecified atom stereocenters. The van der Waals surface area contributed by atoms with Crippen LogP contribution in [0.15, 0.2) is 30.3 Å². The fourth-order valence-electron chi connectivity index (χ4n) is 2.02. The number of nitrogens with zero attached hydrogens (tertiary/aromatic N) is 1. The molecule has 0 saturated carbocycles. The molecule has 0 spiro atoms. The van der Waals surface area contributed by atoms with Crippen LogP contribution in [0.5, 0.6) is 0 Å². The minimum Gasteiger partial charge on any atom is -0.396 e. The molecule has 1 heterocycles. The number of aliphatic hydroxyl groups is 1. The van der Waals surface area contributed by atoms with Crippen molar-refractivity contribution in [2.24, 2.45) is 0 Å². The Morgan fingerprint density at radius 1 is 1.18 bits per heavy atom. The second-order valence-corrected chi connectivity index (χ2v) is 5.46. The van der Waals surface area contributed by atoms with Crippen LogP contribution in [0.2, 0.25) is 0 Å². The van der Waals surface area contributed by atoms with Crippen LogP contribution in [0.4, 0.5) is 0 Å². The van der Waals surface area contributed by atoms with Crippen LogP contribution >= 0.6 is 11.3 Å². The number of aryl methyl sites for hydroxylation is 1. The van der Waals surface area contributed by atoms with Crippen molar-refractivity contribution >= 4 is 11.3 Å². The second-order valence-electron chi connectivity index (χ2n) is 4.18. The van der Waals surface area contributed by atoms with E-state index in [0.717, 1.165) is 13.0 Å². The maximum atomic E-state index is 9.03. The maximum Gasteiger partial charge on any atom is 0.234 e. The summed E-state index contributed by atoms with van der Waals surface area (Å²) in [4.78, 5) is 1.29. The fourth-order valence-corrected chi connectivity index (χ4v) is 3.14. The first-order valence-corrected chi connectivity index (χ1v) is 6.67. The van der Waals surface area contributed by atoms with E-state index in [9.17, 15) is 0 Å². The summed E-state index contributed by atoms with van der Waals surface area (Å²) in [7, 11) is 0. The lowest BCUT2D eigenvalue weighted by Gasteiger charge is -1.98. The minimum absolute atomic E-state index is 0.228. The van der Waals surface area contributed by atoms with E-state index in [4.69, 9.17) is 5.11 Å². The Bertz CT molecular complexity index is 490. The van der Waals surface area contributed by atoms with Crippen molar-refractivity contribution in [2.45, 2.75) is 26.8 Å². The summed E-state index contributed by atoms with van der Waals surface area (Å²) in [6.07, 6.45) is 0.763. The number of rotatable bonds is 4. The van der Waals surface area contributed by atoms with Crippen LogP contribution in [0.1, 0.15) is 21.1 Å². The highest BCUT2D eigenvalue weighted by atomic mass is 32.1.